The molecule has 0 saturated carbocycles. The van der Waals surface area contributed by atoms with Gasteiger partial charge in [0.1, 0.15) is 9.84 Å². The van der Waals surface area contributed by atoms with E-state index >= 15 is 0 Å². The maximum absolute atomic E-state index is 11.0. The molecule has 12 heavy (non-hydrogen) atoms. The van der Waals surface area contributed by atoms with Gasteiger partial charge in [0.05, 0.1) is 5.75 Å². The minimum Gasteiger partial charge on any atom is -0.300 e. The first-order valence-corrected chi connectivity index (χ1v) is 6.47. The van der Waals surface area contributed by atoms with Crippen molar-refractivity contribution in [3.63, 3.8) is 0 Å². The molecule has 1 atom stereocenters. The summed E-state index contributed by atoms with van der Waals surface area (Å²) in [5, 5.41) is 0. The van der Waals surface area contributed by atoms with Gasteiger partial charge in [0.2, 0.25) is 0 Å². The maximum atomic E-state index is 11.0. The van der Waals surface area contributed by atoms with Crippen LogP contribution in [0.3, 0.4) is 0 Å². The second-order valence-corrected chi connectivity index (χ2v) is 5.87. The molecule has 1 rings (SSSR count). The van der Waals surface area contributed by atoms with Crippen LogP contribution in [0.1, 0.15) is 19.8 Å². The molecule has 1 aliphatic rings. The Kier molecular flexibility index (Phi) is 3.12. The molecule has 1 fully saturated rings. The van der Waals surface area contributed by atoms with Gasteiger partial charge in [0.15, 0.2) is 0 Å². The average Bonchev–Trinajstić information content (AvgIpc) is 2.32. The highest BCUT2D eigenvalue weighted by Crippen LogP contribution is 2.12. The molecule has 4 heteroatoms. The summed E-state index contributed by atoms with van der Waals surface area (Å²) in [4.78, 5) is 2.25. The van der Waals surface area contributed by atoms with Gasteiger partial charge in [0, 0.05) is 12.3 Å². The smallest absolute Gasteiger partial charge is 0.148 e. The Morgan fingerprint density at radius 1 is 1.33 bits per heavy atom. The van der Waals surface area contributed by atoms with Gasteiger partial charge in [-0.3, -0.25) is 4.90 Å². The Morgan fingerprint density at radius 3 is 2.25 bits per heavy atom. The third kappa shape index (κ3) is 3.11. The van der Waals surface area contributed by atoms with Crippen molar-refractivity contribution in [1.29, 1.82) is 0 Å². The molecule has 0 radical (unpaired) electrons. The van der Waals surface area contributed by atoms with Crippen LogP contribution in [0.15, 0.2) is 0 Å². The Hall–Kier alpha value is -0.0900. The number of hydrogen-bond donors (Lipinski definition) is 0. The normalized spacial score (nSPS) is 22.8. The van der Waals surface area contributed by atoms with Crippen molar-refractivity contribution in [3.8, 4) is 0 Å². The lowest BCUT2D eigenvalue weighted by molar-refractivity contribution is 0.277. The lowest BCUT2D eigenvalue weighted by Gasteiger charge is -2.22. The zero-order valence-electron chi connectivity index (χ0n) is 7.78. The van der Waals surface area contributed by atoms with Gasteiger partial charge >= 0.3 is 0 Å². The predicted molar refractivity (Wildman–Crippen MR) is 50.0 cm³/mol. The van der Waals surface area contributed by atoms with E-state index < -0.39 is 9.84 Å². The van der Waals surface area contributed by atoms with Crippen LogP contribution in [-0.2, 0) is 9.84 Å². The summed E-state index contributed by atoms with van der Waals surface area (Å²) >= 11 is 0. The molecule has 1 unspecified atom stereocenters. The largest absolute Gasteiger partial charge is 0.300 e. The van der Waals surface area contributed by atoms with Crippen LogP contribution in [0.2, 0.25) is 0 Å². The van der Waals surface area contributed by atoms with E-state index in [1.54, 1.807) is 0 Å². The van der Waals surface area contributed by atoms with E-state index in [0.717, 1.165) is 13.1 Å². The van der Waals surface area contributed by atoms with Crippen molar-refractivity contribution in [2.45, 2.75) is 25.8 Å². The molecule has 0 N–H and O–H groups in total. The van der Waals surface area contributed by atoms with E-state index in [1.165, 1.54) is 19.1 Å². The average molecular weight is 191 g/mol. The van der Waals surface area contributed by atoms with Crippen LogP contribution in [0, 0.1) is 0 Å². The molecule has 72 valence electrons. The summed E-state index contributed by atoms with van der Waals surface area (Å²) in [6, 6.07) is 0.197. The van der Waals surface area contributed by atoms with E-state index in [9.17, 15) is 8.42 Å². The number of likely N-dealkylation sites (tertiary alicyclic amines) is 1. The van der Waals surface area contributed by atoms with Crippen molar-refractivity contribution in [2.75, 3.05) is 25.1 Å². The third-order valence-corrected chi connectivity index (χ3v) is 3.40. The Bertz CT molecular complexity index is 229. The van der Waals surface area contributed by atoms with Crippen LogP contribution >= 0.6 is 0 Å². The zero-order valence-corrected chi connectivity index (χ0v) is 8.60. The van der Waals surface area contributed by atoms with Crippen LogP contribution in [0.5, 0.6) is 0 Å². The van der Waals surface area contributed by atoms with Crippen molar-refractivity contribution in [2.24, 2.45) is 0 Å². The number of nitrogens with zero attached hydrogens (tertiary/aromatic N) is 1. The van der Waals surface area contributed by atoms with Crippen LogP contribution in [0.4, 0.5) is 0 Å². The summed E-state index contributed by atoms with van der Waals surface area (Å²) < 4.78 is 21.9. The molecule has 0 amide bonds. The summed E-state index contributed by atoms with van der Waals surface area (Å²) in [6.45, 7) is 4.12. The number of sulfone groups is 1. The molecule has 0 aliphatic carbocycles. The molecule has 1 heterocycles. The highest BCUT2D eigenvalue weighted by molar-refractivity contribution is 7.90. The van der Waals surface area contributed by atoms with Gasteiger partial charge in [-0.05, 0) is 32.9 Å². The fraction of sp³-hybridized carbons (Fsp3) is 1.00. The summed E-state index contributed by atoms with van der Waals surface area (Å²) in [5.41, 5.74) is 0. The molecule has 1 aliphatic heterocycles. The molecular formula is C8H17NO2S. The Labute approximate surface area is 74.7 Å². The van der Waals surface area contributed by atoms with E-state index in [2.05, 4.69) is 4.90 Å². The zero-order chi connectivity index (χ0) is 9.19. The van der Waals surface area contributed by atoms with Gasteiger partial charge in [0.25, 0.3) is 0 Å². The number of hydrogen-bond acceptors (Lipinski definition) is 3. The first-order chi connectivity index (χ1) is 5.49. The predicted octanol–water partition coefficient (Wildman–Crippen LogP) is 0.515. The van der Waals surface area contributed by atoms with Gasteiger partial charge in [-0.25, -0.2) is 8.42 Å². The number of rotatable bonds is 3. The van der Waals surface area contributed by atoms with E-state index in [-0.39, 0.29) is 6.04 Å². The summed E-state index contributed by atoms with van der Waals surface area (Å²) in [5.74, 6) is 0.299. The molecule has 0 spiro atoms. The molecule has 0 aromatic heterocycles. The monoisotopic (exact) mass is 191 g/mol. The van der Waals surface area contributed by atoms with Crippen LogP contribution < -0.4 is 0 Å². The minimum absolute atomic E-state index is 0.197. The molecular weight excluding hydrogens is 174 g/mol. The van der Waals surface area contributed by atoms with Crippen molar-refractivity contribution >= 4 is 9.84 Å². The van der Waals surface area contributed by atoms with Gasteiger partial charge in [-0.15, -0.1) is 0 Å². The van der Waals surface area contributed by atoms with Crippen molar-refractivity contribution in [1.82, 2.24) is 4.90 Å². The highest BCUT2D eigenvalue weighted by atomic mass is 32.2. The first-order valence-electron chi connectivity index (χ1n) is 4.41. The molecule has 0 aromatic carbocycles. The fourth-order valence-electron chi connectivity index (χ4n) is 1.73. The minimum atomic E-state index is -2.80. The highest BCUT2D eigenvalue weighted by Gasteiger charge is 2.20. The lowest BCUT2D eigenvalue weighted by atomic mass is 10.3. The topological polar surface area (TPSA) is 37.4 Å². The van der Waals surface area contributed by atoms with E-state index in [4.69, 9.17) is 0 Å². The molecule has 1 saturated heterocycles. The lowest BCUT2D eigenvalue weighted by Crippen LogP contribution is -2.35. The molecule has 0 bridgehead atoms. The van der Waals surface area contributed by atoms with Crippen molar-refractivity contribution in [3.05, 3.63) is 0 Å². The van der Waals surface area contributed by atoms with Crippen LogP contribution in [0.25, 0.3) is 0 Å². The Balaban J connectivity index is 2.42. The summed E-state index contributed by atoms with van der Waals surface area (Å²) in [7, 11) is -2.80. The summed E-state index contributed by atoms with van der Waals surface area (Å²) in [6.07, 6.45) is 3.74. The van der Waals surface area contributed by atoms with Gasteiger partial charge < -0.3 is 0 Å². The second-order valence-electron chi connectivity index (χ2n) is 3.68. The first kappa shape index (κ1) is 9.99. The van der Waals surface area contributed by atoms with E-state index in [0.29, 0.717) is 5.75 Å². The van der Waals surface area contributed by atoms with Crippen molar-refractivity contribution < 1.29 is 8.42 Å². The van der Waals surface area contributed by atoms with Crippen LogP contribution in [-0.4, -0.2) is 44.5 Å². The molecule has 3 nitrogen and oxygen atoms in total. The molecule has 0 aromatic rings. The maximum Gasteiger partial charge on any atom is 0.148 e. The van der Waals surface area contributed by atoms with Gasteiger partial charge in [-0.2, -0.15) is 0 Å². The van der Waals surface area contributed by atoms with Gasteiger partial charge in [-0.1, -0.05) is 0 Å². The SMILES string of the molecule is CC(CS(C)(=O)=O)N1CCCC1. The fourth-order valence-corrected chi connectivity index (χ4v) is 2.81. The third-order valence-electron chi connectivity index (χ3n) is 2.31. The Morgan fingerprint density at radius 2 is 1.83 bits per heavy atom. The second kappa shape index (κ2) is 3.75. The quantitative estimate of drug-likeness (QED) is 0.652. The van der Waals surface area contributed by atoms with E-state index in [1.807, 2.05) is 6.92 Å². The standard InChI is InChI=1S/C8H17NO2S/c1-8(7-12(2,10)11)9-5-3-4-6-9/h8H,3-7H2,1-2H3.